The summed E-state index contributed by atoms with van der Waals surface area (Å²) in [5.41, 5.74) is 5.61. The average Bonchev–Trinajstić information content (AvgIpc) is 2.79. The third-order valence-electron chi connectivity index (χ3n) is 4.60. The summed E-state index contributed by atoms with van der Waals surface area (Å²) in [6.07, 6.45) is 0. The number of nitrogens with zero attached hydrogens (tertiary/aromatic N) is 2. The van der Waals surface area contributed by atoms with Gasteiger partial charge in [-0.3, -0.25) is 4.68 Å². The number of hydrogen-bond donors (Lipinski definition) is 1. The first-order valence-corrected chi connectivity index (χ1v) is 10.3. The van der Waals surface area contributed by atoms with Crippen molar-refractivity contribution in [2.24, 2.45) is 7.05 Å². The Morgan fingerprint density at radius 1 is 1.15 bits per heavy atom. The van der Waals surface area contributed by atoms with E-state index in [4.69, 9.17) is 28.3 Å². The fourth-order valence-corrected chi connectivity index (χ4v) is 5.12. The maximum absolute atomic E-state index is 6.56. The molecule has 0 amide bonds. The van der Waals surface area contributed by atoms with Gasteiger partial charge in [0.05, 0.1) is 10.9 Å². The van der Waals surface area contributed by atoms with E-state index in [1.165, 1.54) is 11.1 Å². The van der Waals surface area contributed by atoms with E-state index in [9.17, 15) is 0 Å². The summed E-state index contributed by atoms with van der Waals surface area (Å²) in [5.74, 6) is 2.05. The monoisotopic (exact) mass is 403 g/mol. The van der Waals surface area contributed by atoms with Gasteiger partial charge in [0.1, 0.15) is 5.82 Å². The zero-order valence-corrected chi connectivity index (χ0v) is 16.9. The summed E-state index contributed by atoms with van der Waals surface area (Å²) in [4.78, 5) is 0. The summed E-state index contributed by atoms with van der Waals surface area (Å²) in [6.45, 7) is 2.99. The Hall–Kier alpha value is -1.62. The van der Waals surface area contributed by atoms with Crippen molar-refractivity contribution < 1.29 is 0 Å². The van der Waals surface area contributed by atoms with Crippen LogP contribution < -0.4 is 5.32 Å². The molecule has 1 N–H and O–H groups in total. The van der Waals surface area contributed by atoms with Crippen molar-refractivity contribution in [2.45, 2.75) is 12.2 Å². The average molecular weight is 404 g/mol. The molecule has 1 unspecified atom stereocenters. The van der Waals surface area contributed by atoms with Crippen LogP contribution in [0.5, 0.6) is 0 Å². The van der Waals surface area contributed by atoms with Gasteiger partial charge in [0.15, 0.2) is 0 Å². The molecule has 0 fully saturated rings. The van der Waals surface area contributed by atoms with Crippen LogP contribution >= 0.6 is 35.0 Å². The lowest BCUT2D eigenvalue weighted by molar-refractivity contribution is 0.774. The lowest BCUT2D eigenvalue weighted by Gasteiger charge is -2.18. The molecule has 0 spiro atoms. The lowest BCUT2D eigenvalue weighted by Crippen LogP contribution is -2.06. The highest BCUT2D eigenvalue weighted by molar-refractivity contribution is 7.99. The number of fused-ring (bicyclic) bond motifs is 1. The van der Waals surface area contributed by atoms with E-state index < -0.39 is 0 Å². The molecule has 3 nitrogen and oxygen atoms in total. The first kappa shape index (κ1) is 17.8. The molecule has 1 atom stereocenters. The van der Waals surface area contributed by atoms with Crippen molar-refractivity contribution in [2.75, 3.05) is 17.6 Å². The molecule has 1 aromatic heterocycles. The molecule has 0 radical (unpaired) electrons. The molecule has 3 aromatic rings. The number of aromatic nitrogens is 2. The predicted molar refractivity (Wildman–Crippen MR) is 113 cm³/mol. The van der Waals surface area contributed by atoms with E-state index in [1.54, 1.807) is 0 Å². The second-order valence-electron chi connectivity index (χ2n) is 6.44. The molecule has 26 heavy (non-hydrogen) atoms. The van der Waals surface area contributed by atoms with Crippen LogP contribution in [-0.2, 0) is 7.05 Å². The van der Waals surface area contributed by atoms with Crippen molar-refractivity contribution in [3.63, 3.8) is 0 Å². The molecule has 1 aliphatic heterocycles. The second kappa shape index (κ2) is 7.18. The Kier molecular flexibility index (Phi) is 4.91. The van der Waals surface area contributed by atoms with Crippen molar-refractivity contribution in [1.29, 1.82) is 0 Å². The van der Waals surface area contributed by atoms with Gasteiger partial charge in [0.25, 0.3) is 0 Å². The Balaban J connectivity index is 1.91. The van der Waals surface area contributed by atoms with E-state index in [1.807, 2.05) is 41.7 Å². The van der Waals surface area contributed by atoms with Crippen LogP contribution in [0, 0.1) is 6.92 Å². The van der Waals surface area contributed by atoms with E-state index in [2.05, 4.69) is 36.5 Å². The van der Waals surface area contributed by atoms with Crippen LogP contribution in [0.4, 0.5) is 5.82 Å². The molecule has 1 aliphatic rings. The van der Waals surface area contributed by atoms with Gasteiger partial charge in [-0.15, -0.1) is 11.8 Å². The number of nitrogens with one attached hydrogen (secondary N) is 1. The molecule has 6 heteroatoms. The summed E-state index contributed by atoms with van der Waals surface area (Å²) >= 11 is 14.6. The highest BCUT2D eigenvalue weighted by Gasteiger charge is 2.30. The number of benzene rings is 2. The van der Waals surface area contributed by atoms with Gasteiger partial charge in [-0.2, -0.15) is 5.10 Å². The normalized spacial score (nSPS) is 16.7. The SMILES string of the molecule is Cc1ccc(-c2nn(C)c3c2C(c2ccc(Cl)cc2Cl)SCCN3)cc1. The van der Waals surface area contributed by atoms with Crippen LogP contribution in [0.1, 0.15) is 21.9 Å². The number of anilines is 1. The molecule has 0 aliphatic carbocycles. The van der Waals surface area contributed by atoms with Gasteiger partial charge >= 0.3 is 0 Å². The number of aryl methyl sites for hydroxylation is 2. The van der Waals surface area contributed by atoms with Gasteiger partial charge in [-0.05, 0) is 24.6 Å². The number of halogens is 2. The Morgan fingerprint density at radius 2 is 1.92 bits per heavy atom. The zero-order chi connectivity index (χ0) is 18.3. The highest BCUT2D eigenvalue weighted by Crippen LogP contribution is 2.47. The fourth-order valence-electron chi connectivity index (χ4n) is 3.31. The topological polar surface area (TPSA) is 29.9 Å². The van der Waals surface area contributed by atoms with Crippen molar-refractivity contribution >= 4 is 40.8 Å². The number of hydrogen-bond acceptors (Lipinski definition) is 3. The summed E-state index contributed by atoms with van der Waals surface area (Å²) in [6, 6.07) is 14.3. The van der Waals surface area contributed by atoms with Gasteiger partial charge in [-0.25, -0.2) is 0 Å². The molecule has 2 aromatic carbocycles. The van der Waals surface area contributed by atoms with E-state index in [-0.39, 0.29) is 5.25 Å². The Bertz CT molecular complexity index is 950. The van der Waals surface area contributed by atoms with Crippen LogP contribution in [0.25, 0.3) is 11.3 Å². The molecule has 4 rings (SSSR count). The van der Waals surface area contributed by atoms with Crippen molar-refractivity contribution in [3.8, 4) is 11.3 Å². The van der Waals surface area contributed by atoms with Gasteiger partial charge in [-0.1, -0.05) is 59.1 Å². The van der Waals surface area contributed by atoms with Gasteiger partial charge in [0, 0.05) is 40.5 Å². The zero-order valence-electron chi connectivity index (χ0n) is 14.6. The van der Waals surface area contributed by atoms with E-state index >= 15 is 0 Å². The first-order valence-electron chi connectivity index (χ1n) is 8.49. The van der Waals surface area contributed by atoms with Gasteiger partial charge in [0.2, 0.25) is 0 Å². The van der Waals surface area contributed by atoms with Crippen molar-refractivity contribution in [3.05, 3.63) is 69.2 Å². The predicted octanol–water partition coefficient (Wildman–Crippen LogP) is 5.95. The minimum absolute atomic E-state index is 0.106. The van der Waals surface area contributed by atoms with Crippen LogP contribution in [0.15, 0.2) is 42.5 Å². The van der Waals surface area contributed by atoms with Crippen molar-refractivity contribution in [1.82, 2.24) is 9.78 Å². The van der Waals surface area contributed by atoms with Gasteiger partial charge < -0.3 is 5.32 Å². The lowest BCUT2D eigenvalue weighted by atomic mass is 9.99. The summed E-state index contributed by atoms with van der Waals surface area (Å²) in [5, 5.41) is 9.82. The molecule has 2 heterocycles. The van der Waals surface area contributed by atoms with Crippen LogP contribution in [-0.4, -0.2) is 22.1 Å². The summed E-state index contributed by atoms with van der Waals surface area (Å²) < 4.78 is 1.94. The fraction of sp³-hybridized carbons (Fsp3) is 0.250. The number of thioether (sulfide) groups is 1. The second-order valence-corrected chi connectivity index (χ2v) is 8.50. The smallest absolute Gasteiger partial charge is 0.129 e. The standard InChI is InChI=1S/C20H19Cl2N3S/c1-12-3-5-13(6-4-12)18-17-19(15-8-7-14(21)11-16(15)22)26-10-9-23-20(17)25(2)24-18/h3-8,11,19,23H,9-10H2,1-2H3. The molecule has 0 saturated carbocycles. The van der Waals surface area contributed by atoms with Crippen LogP contribution in [0.2, 0.25) is 10.0 Å². The maximum Gasteiger partial charge on any atom is 0.129 e. The third-order valence-corrected chi connectivity index (χ3v) is 6.42. The quantitative estimate of drug-likeness (QED) is 0.572. The molecule has 0 saturated heterocycles. The highest BCUT2D eigenvalue weighted by atomic mass is 35.5. The van der Waals surface area contributed by atoms with E-state index in [0.717, 1.165) is 34.9 Å². The maximum atomic E-state index is 6.56. The Morgan fingerprint density at radius 3 is 2.65 bits per heavy atom. The van der Waals surface area contributed by atoms with Crippen LogP contribution in [0.3, 0.4) is 0 Å². The minimum Gasteiger partial charge on any atom is -0.369 e. The largest absolute Gasteiger partial charge is 0.369 e. The molecular formula is C20H19Cl2N3S. The minimum atomic E-state index is 0.106. The molecule has 0 bridgehead atoms. The first-order chi connectivity index (χ1) is 12.5. The molecular weight excluding hydrogens is 385 g/mol. The summed E-state index contributed by atoms with van der Waals surface area (Å²) in [7, 11) is 1.99. The molecule has 134 valence electrons. The van der Waals surface area contributed by atoms with E-state index in [0.29, 0.717) is 10.0 Å². The Labute approximate surface area is 167 Å². The number of rotatable bonds is 2. The third kappa shape index (κ3) is 3.22.